The molecule has 4 aliphatic carbocycles. The number of allylic oxidation sites excluding steroid dienone is 1. The van der Waals surface area contributed by atoms with Gasteiger partial charge in [-0.1, -0.05) is 39.3 Å². The molecule has 218 valence electrons. The van der Waals surface area contributed by atoms with Crippen molar-refractivity contribution in [3.05, 3.63) is 41.5 Å². The van der Waals surface area contributed by atoms with E-state index in [4.69, 9.17) is 9.47 Å². The van der Waals surface area contributed by atoms with Crippen molar-refractivity contribution in [1.29, 1.82) is 0 Å². The molecule has 7 nitrogen and oxygen atoms in total. The Labute approximate surface area is 239 Å². The third kappa shape index (κ3) is 5.46. The van der Waals surface area contributed by atoms with Gasteiger partial charge in [-0.25, -0.2) is 9.59 Å². The molecule has 0 saturated heterocycles. The zero-order chi connectivity index (χ0) is 28.5. The molecule has 7 heteroatoms. The van der Waals surface area contributed by atoms with E-state index >= 15 is 0 Å². The van der Waals surface area contributed by atoms with E-state index in [1.165, 1.54) is 5.57 Å². The van der Waals surface area contributed by atoms with Crippen molar-refractivity contribution in [3.63, 3.8) is 0 Å². The number of hydrogen-bond donors (Lipinski definition) is 1. The number of ether oxygens (including phenoxy) is 2. The summed E-state index contributed by atoms with van der Waals surface area (Å²) in [7, 11) is 0. The molecule has 6 atom stereocenters. The summed E-state index contributed by atoms with van der Waals surface area (Å²) in [5.41, 5.74) is 2.51. The number of carbonyl (C=O) groups excluding carboxylic acids is 3. The highest BCUT2D eigenvalue weighted by molar-refractivity contribution is 5.91. The van der Waals surface area contributed by atoms with Crippen molar-refractivity contribution in [2.45, 2.75) is 85.2 Å². The van der Waals surface area contributed by atoms with Gasteiger partial charge in [0.15, 0.2) is 0 Å². The fourth-order valence-corrected chi connectivity index (χ4v) is 8.38. The summed E-state index contributed by atoms with van der Waals surface area (Å²) in [6, 6.07) is 6.73. The van der Waals surface area contributed by atoms with Crippen LogP contribution in [0.5, 0.6) is 0 Å². The number of Topliss-reactive ketones (excluding diaryl/α,β-unsaturated/α-hetero) is 1. The van der Waals surface area contributed by atoms with Crippen molar-refractivity contribution in [2.75, 3.05) is 31.6 Å². The Kier molecular flexibility index (Phi) is 8.42. The first-order valence-electron chi connectivity index (χ1n) is 15.4. The molecule has 0 bridgehead atoms. The molecule has 1 amide bonds. The zero-order valence-electron chi connectivity index (χ0n) is 24.7. The van der Waals surface area contributed by atoms with E-state index < -0.39 is 6.09 Å². The summed E-state index contributed by atoms with van der Waals surface area (Å²) in [6.07, 6.45) is 9.48. The Morgan fingerprint density at radius 1 is 1.00 bits per heavy atom. The van der Waals surface area contributed by atoms with Gasteiger partial charge in [0.1, 0.15) is 18.5 Å². The summed E-state index contributed by atoms with van der Waals surface area (Å²) < 4.78 is 11.3. The maximum Gasteiger partial charge on any atom is 0.411 e. The normalized spacial score (nSPS) is 32.9. The van der Waals surface area contributed by atoms with Crippen LogP contribution in [0.2, 0.25) is 0 Å². The number of fused-ring (bicyclic) bond motifs is 5. The number of benzene rings is 1. The lowest BCUT2D eigenvalue weighted by Crippen LogP contribution is -2.50. The smallest absolute Gasteiger partial charge is 0.411 e. The molecule has 0 aromatic heterocycles. The third-order valence-electron chi connectivity index (χ3n) is 10.9. The lowest BCUT2D eigenvalue weighted by Gasteiger charge is -2.56. The second kappa shape index (κ2) is 11.7. The quantitative estimate of drug-likeness (QED) is 0.289. The van der Waals surface area contributed by atoms with Gasteiger partial charge >= 0.3 is 12.1 Å². The Morgan fingerprint density at radius 3 is 2.42 bits per heavy atom. The number of esters is 1. The monoisotopic (exact) mass is 550 g/mol. The number of amides is 1. The zero-order valence-corrected chi connectivity index (χ0v) is 24.7. The first kappa shape index (κ1) is 28.8. The van der Waals surface area contributed by atoms with Crippen molar-refractivity contribution in [2.24, 2.45) is 28.6 Å². The van der Waals surface area contributed by atoms with Crippen LogP contribution in [0.15, 0.2) is 35.9 Å². The summed E-state index contributed by atoms with van der Waals surface area (Å²) in [6.45, 7) is 11.7. The molecule has 5 rings (SSSR count). The fraction of sp³-hybridized carbons (Fsp3) is 0.667. The summed E-state index contributed by atoms with van der Waals surface area (Å²) in [5.74, 6) is 1.86. The molecule has 3 saturated carbocycles. The van der Waals surface area contributed by atoms with Crippen LogP contribution in [0.3, 0.4) is 0 Å². The average molecular weight is 551 g/mol. The van der Waals surface area contributed by atoms with E-state index in [1.54, 1.807) is 24.3 Å². The Balaban J connectivity index is 1.12. The minimum absolute atomic E-state index is 0.106. The van der Waals surface area contributed by atoms with Crippen LogP contribution < -0.4 is 5.32 Å². The van der Waals surface area contributed by atoms with E-state index in [2.05, 4.69) is 44.0 Å². The Bertz CT molecular complexity index is 1140. The largest absolute Gasteiger partial charge is 0.461 e. The van der Waals surface area contributed by atoms with Gasteiger partial charge in [-0.3, -0.25) is 10.1 Å². The maximum absolute atomic E-state index is 12.7. The molecule has 1 N–H and O–H groups in total. The van der Waals surface area contributed by atoms with Crippen molar-refractivity contribution < 1.29 is 23.9 Å². The lowest BCUT2D eigenvalue weighted by atomic mass is 9.48. The van der Waals surface area contributed by atoms with Gasteiger partial charge in [-0.2, -0.15) is 0 Å². The highest BCUT2D eigenvalue weighted by Gasteiger charge is 2.58. The topological polar surface area (TPSA) is 84.9 Å². The van der Waals surface area contributed by atoms with E-state index in [1.807, 2.05) is 0 Å². The van der Waals surface area contributed by atoms with Crippen molar-refractivity contribution in [3.8, 4) is 0 Å². The van der Waals surface area contributed by atoms with Crippen molar-refractivity contribution >= 4 is 23.5 Å². The third-order valence-corrected chi connectivity index (χ3v) is 10.9. The predicted octanol–water partition coefficient (Wildman–Crippen LogP) is 6.63. The van der Waals surface area contributed by atoms with Gasteiger partial charge in [-0.15, -0.1) is 0 Å². The molecular formula is C33H46N2O5. The number of nitrogens with zero attached hydrogens (tertiary/aromatic N) is 1. The number of carbonyl (C=O) groups is 3. The van der Waals surface area contributed by atoms with Crippen LogP contribution in [0.1, 0.15) is 89.4 Å². The Hall–Kier alpha value is -2.67. The first-order valence-corrected chi connectivity index (χ1v) is 15.4. The predicted molar refractivity (Wildman–Crippen MR) is 155 cm³/mol. The second-order valence-corrected chi connectivity index (χ2v) is 12.8. The molecule has 3 fully saturated rings. The molecule has 0 aliphatic heterocycles. The molecule has 4 aliphatic rings. The number of nitrogens with one attached hydrogen (secondary N) is 1. The van der Waals surface area contributed by atoms with Crippen LogP contribution >= 0.6 is 0 Å². The number of ketones is 1. The van der Waals surface area contributed by atoms with E-state index in [0.717, 1.165) is 64.5 Å². The molecule has 1 aromatic rings. The second-order valence-electron chi connectivity index (χ2n) is 12.8. The van der Waals surface area contributed by atoms with Gasteiger partial charge < -0.3 is 14.4 Å². The van der Waals surface area contributed by atoms with Crippen LogP contribution in [-0.2, 0) is 14.3 Å². The van der Waals surface area contributed by atoms with Crippen molar-refractivity contribution in [1.82, 2.24) is 4.90 Å². The van der Waals surface area contributed by atoms with Crippen LogP contribution in [0, 0.1) is 28.6 Å². The first-order chi connectivity index (χ1) is 19.2. The van der Waals surface area contributed by atoms with Gasteiger partial charge in [0.25, 0.3) is 0 Å². The maximum atomic E-state index is 12.7. The highest BCUT2D eigenvalue weighted by Crippen LogP contribution is 2.64. The Morgan fingerprint density at radius 2 is 1.70 bits per heavy atom. The van der Waals surface area contributed by atoms with Gasteiger partial charge in [0.2, 0.25) is 0 Å². The minimum atomic E-state index is -0.463. The summed E-state index contributed by atoms with van der Waals surface area (Å²) >= 11 is 0. The van der Waals surface area contributed by atoms with Gasteiger partial charge in [0.05, 0.1) is 5.56 Å². The van der Waals surface area contributed by atoms with E-state index in [9.17, 15) is 14.4 Å². The number of likely N-dealkylation sites (N-methyl/N-ethyl adjacent to an activating group) is 1. The van der Waals surface area contributed by atoms with E-state index in [-0.39, 0.29) is 22.9 Å². The highest BCUT2D eigenvalue weighted by atomic mass is 16.6. The van der Waals surface area contributed by atoms with Gasteiger partial charge in [0, 0.05) is 30.5 Å². The summed E-state index contributed by atoms with van der Waals surface area (Å²) in [4.78, 5) is 40.0. The van der Waals surface area contributed by atoms with Crippen LogP contribution in [0.4, 0.5) is 10.5 Å². The molecule has 0 unspecified atom stereocenters. The van der Waals surface area contributed by atoms with E-state index in [0.29, 0.717) is 47.9 Å². The number of anilines is 1. The lowest BCUT2D eigenvalue weighted by molar-refractivity contribution is -0.132. The fourth-order valence-electron chi connectivity index (χ4n) is 8.38. The van der Waals surface area contributed by atoms with Crippen LogP contribution in [0.25, 0.3) is 0 Å². The molecule has 0 heterocycles. The van der Waals surface area contributed by atoms with Crippen LogP contribution in [-0.4, -0.2) is 55.1 Å². The van der Waals surface area contributed by atoms with Gasteiger partial charge in [-0.05, 0) is 99.0 Å². The molecule has 1 aromatic carbocycles. The molecule has 0 radical (unpaired) electrons. The molecule has 0 spiro atoms. The number of hydrogen-bond acceptors (Lipinski definition) is 6. The minimum Gasteiger partial charge on any atom is -0.461 e. The molecule has 40 heavy (non-hydrogen) atoms. The standard InChI is InChI=1S/C33H46N2O5/c1-5-35(6-2)19-20-39-30(37)22-7-10-24(11-8-22)34-31(38)40-25-15-17-32(3)23(21-25)9-12-26-27-13-14-29(36)33(27,4)18-16-28(26)32/h7-11,25-28H,5-6,12-21H2,1-4H3,(H,34,38)/t25-,26-,27-,28-,32-,33-/m0/s1. The average Bonchev–Trinajstić information content (AvgIpc) is 3.25. The number of rotatable bonds is 8. The summed E-state index contributed by atoms with van der Waals surface area (Å²) in [5, 5.41) is 2.82. The SMILES string of the molecule is CCN(CC)CCOC(=O)c1ccc(NC(=O)O[C@H]2CC[C@@]3(C)C(=CC[C@@H]4[C@@H]3CC[C@]3(C)C(=O)CC[C@@H]43)C2)cc1. The molecular weight excluding hydrogens is 504 g/mol.